The zero-order valence-corrected chi connectivity index (χ0v) is 17.9. The minimum absolute atomic E-state index is 0.0417. The van der Waals surface area contributed by atoms with Crippen LogP contribution in [0, 0.1) is 5.82 Å². The van der Waals surface area contributed by atoms with Gasteiger partial charge < -0.3 is 10.6 Å². The van der Waals surface area contributed by atoms with Gasteiger partial charge in [0.15, 0.2) is 0 Å². The van der Waals surface area contributed by atoms with Crippen LogP contribution < -0.4 is 16.1 Å². The molecule has 4 N–H and O–H groups in total. The zero-order valence-electron chi connectivity index (χ0n) is 17.1. The first-order valence-electron chi connectivity index (χ1n) is 9.79. The lowest BCUT2D eigenvalue weighted by molar-refractivity contribution is -0.125. The minimum Gasteiger partial charge on any atom is -0.381 e. The topological polar surface area (TPSA) is 111 Å². The van der Waals surface area contributed by atoms with E-state index < -0.39 is 15.9 Å². The minimum atomic E-state index is -3.74. The molecule has 10 heteroatoms. The van der Waals surface area contributed by atoms with Crippen LogP contribution in [0.1, 0.15) is 6.42 Å². The zero-order chi connectivity index (χ0) is 22.4. The van der Waals surface area contributed by atoms with Crippen molar-refractivity contribution >= 4 is 21.6 Å². The lowest BCUT2D eigenvalue weighted by Crippen LogP contribution is -2.37. The Hall–Kier alpha value is -2.79. The van der Waals surface area contributed by atoms with Crippen molar-refractivity contribution in [2.45, 2.75) is 11.3 Å². The lowest BCUT2D eigenvalue weighted by Gasteiger charge is -2.25. The van der Waals surface area contributed by atoms with E-state index in [1.54, 1.807) is 29.7 Å². The molecule has 0 saturated carbocycles. The number of carbonyl (C=O) groups excluding carboxylic acids is 1. The van der Waals surface area contributed by atoms with Gasteiger partial charge in [-0.25, -0.2) is 18.3 Å². The Kier molecular flexibility index (Phi) is 7.39. The van der Waals surface area contributed by atoms with E-state index in [2.05, 4.69) is 10.6 Å². The predicted molar refractivity (Wildman–Crippen MR) is 116 cm³/mol. The third-order valence-electron chi connectivity index (χ3n) is 5.05. The first kappa shape index (κ1) is 22.9. The summed E-state index contributed by atoms with van der Waals surface area (Å²) in [5.74, 6) is -1.01. The van der Waals surface area contributed by atoms with E-state index in [4.69, 9.17) is 5.21 Å². The number of nitrogens with zero attached hydrogens (tertiary/aromatic N) is 1. The first-order valence-corrected chi connectivity index (χ1v) is 11.2. The van der Waals surface area contributed by atoms with Crippen molar-refractivity contribution in [1.29, 1.82) is 0 Å². The second-order valence-electron chi connectivity index (χ2n) is 7.03. The number of hydroxylamine groups is 1. The van der Waals surface area contributed by atoms with Gasteiger partial charge >= 0.3 is 0 Å². The van der Waals surface area contributed by atoms with Gasteiger partial charge in [-0.1, -0.05) is 24.3 Å². The smallest absolute Gasteiger partial charge is 0.270 e. The van der Waals surface area contributed by atoms with Crippen molar-refractivity contribution in [3.8, 4) is 11.1 Å². The van der Waals surface area contributed by atoms with Gasteiger partial charge in [-0.05, 0) is 48.9 Å². The second kappa shape index (κ2) is 10.0. The highest BCUT2D eigenvalue weighted by Gasteiger charge is 2.27. The highest BCUT2D eigenvalue weighted by Crippen LogP contribution is 2.27. The fraction of sp³-hybridized carbons (Fsp3) is 0.286. The van der Waals surface area contributed by atoms with E-state index in [1.807, 2.05) is 7.05 Å². The summed E-state index contributed by atoms with van der Waals surface area (Å²) in [7, 11) is -1.92. The van der Waals surface area contributed by atoms with Crippen LogP contribution in [0.15, 0.2) is 59.0 Å². The largest absolute Gasteiger partial charge is 0.381 e. The van der Waals surface area contributed by atoms with E-state index in [-0.39, 0.29) is 30.2 Å². The molecule has 0 spiro atoms. The summed E-state index contributed by atoms with van der Waals surface area (Å²) in [4.78, 5) is 11.6. The van der Waals surface area contributed by atoms with Crippen LogP contribution in [0.4, 0.5) is 10.1 Å². The molecule has 1 aliphatic rings. The van der Waals surface area contributed by atoms with Crippen molar-refractivity contribution < 1.29 is 22.8 Å². The summed E-state index contributed by atoms with van der Waals surface area (Å²) in [5.41, 5.74) is 3.64. The quantitative estimate of drug-likeness (QED) is 0.279. The standard InChI is InChI=1S/C21H25FN4O4S/c1-23-10-11-24-20-7-4-17(14-19(20)22)15-2-5-18(6-3-15)31(29,30)26-12-8-16(9-13-26)21(27)25-28/h2-8,14,23-24,28H,9-13H2,1H3,(H,25,27). The summed E-state index contributed by atoms with van der Waals surface area (Å²) in [5, 5.41) is 14.7. The summed E-state index contributed by atoms with van der Waals surface area (Å²) < 4.78 is 41.4. The summed E-state index contributed by atoms with van der Waals surface area (Å²) in [6, 6.07) is 11.1. The number of carbonyl (C=O) groups is 1. The van der Waals surface area contributed by atoms with Crippen molar-refractivity contribution in [1.82, 2.24) is 15.1 Å². The Morgan fingerprint density at radius 2 is 1.84 bits per heavy atom. The van der Waals surface area contributed by atoms with Gasteiger partial charge in [0, 0.05) is 31.8 Å². The molecular weight excluding hydrogens is 423 g/mol. The normalized spacial score (nSPS) is 14.7. The molecular formula is C21H25FN4O4S. The van der Waals surface area contributed by atoms with Gasteiger partial charge in [-0.2, -0.15) is 4.31 Å². The average molecular weight is 449 g/mol. The fourth-order valence-electron chi connectivity index (χ4n) is 3.28. The molecule has 0 radical (unpaired) electrons. The van der Waals surface area contributed by atoms with E-state index in [0.717, 1.165) is 0 Å². The highest BCUT2D eigenvalue weighted by molar-refractivity contribution is 7.89. The summed E-state index contributed by atoms with van der Waals surface area (Å²) in [6.45, 7) is 1.48. The van der Waals surface area contributed by atoms with Crippen LogP contribution in [-0.2, 0) is 14.8 Å². The molecule has 0 fully saturated rings. The molecule has 2 aromatic rings. The maximum atomic E-state index is 14.4. The van der Waals surface area contributed by atoms with Gasteiger partial charge in [-0.15, -0.1) is 0 Å². The number of anilines is 1. The van der Waals surface area contributed by atoms with Crippen LogP contribution in [0.5, 0.6) is 0 Å². The number of rotatable bonds is 8. The predicted octanol–water partition coefficient (Wildman–Crippen LogP) is 1.95. The molecule has 0 aliphatic carbocycles. The Morgan fingerprint density at radius 1 is 1.13 bits per heavy atom. The number of sulfonamides is 1. The molecule has 31 heavy (non-hydrogen) atoms. The first-order chi connectivity index (χ1) is 14.9. The highest BCUT2D eigenvalue weighted by atomic mass is 32.2. The third-order valence-corrected chi connectivity index (χ3v) is 6.93. The molecule has 3 rings (SSSR count). The Bertz CT molecular complexity index is 1070. The van der Waals surface area contributed by atoms with Crippen LogP contribution >= 0.6 is 0 Å². The summed E-state index contributed by atoms with van der Waals surface area (Å²) >= 11 is 0. The van der Waals surface area contributed by atoms with Crippen molar-refractivity contribution in [3.63, 3.8) is 0 Å². The fourth-order valence-corrected chi connectivity index (χ4v) is 4.66. The number of likely N-dealkylation sites (N-methyl/N-ethyl adjacent to an activating group) is 1. The number of hydrogen-bond acceptors (Lipinski definition) is 6. The molecule has 0 atom stereocenters. The van der Waals surface area contributed by atoms with Crippen LogP contribution in [0.2, 0.25) is 0 Å². The van der Waals surface area contributed by atoms with Gasteiger partial charge in [0.25, 0.3) is 5.91 Å². The Morgan fingerprint density at radius 3 is 2.42 bits per heavy atom. The molecule has 1 aliphatic heterocycles. The van der Waals surface area contributed by atoms with Crippen LogP contribution in [0.3, 0.4) is 0 Å². The number of amides is 1. The average Bonchev–Trinajstić information content (AvgIpc) is 2.80. The van der Waals surface area contributed by atoms with Crippen molar-refractivity contribution in [3.05, 3.63) is 59.9 Å². The SMILES string of the molecule is CNCCNc1ccc(-c2ccc(S(=O)(=O)N3CC=C(C(=O)NO)CC3)cc2)cc1F. The van der Waals surface area contributed by atoms with Crippen LogP contribution in [0.25, 0.3) is 11.1 Å². The molecule has 1 heterocycles. The monoisotopic (exact) mass is 448 g/mol. The molecule has 0 bridgehead atoms. The van der Waals surface area contributed by atoms with E-state index in [1.165, 1.54) is 28.6 Å². The van der Waals surface area contributed by atoms with E-state index in [0.29, 0.717) is 35.5 Å². The molecule has 0 aromatic heterocycles. The second-order valence-corrected chi connectivity index (χ2v) is 8.97. The van der Waals surface area contributed by atoms with Gasteiger partial charge in [0.1, 0.15) is 5.82 Å². The van der Waals surface area contributed by atoms with Gasteiger partial charge in [-0.3, -0.25) is 10.0 Å². The van der Waals surface area contributed by atoms with Gasteiger partial charge in [0.2, 0.25) is 10.0 Å². The number of nitrogens with one attached hydrogen (secondary N) is 3. The van der Waals surface area contributed by atoms with E-state index >= 15 is 0 Å². The lowest BCUT2D eigenvalue weighted by atomic mass is 10.1. The Labute approximate surface area is 180 Å². The number of benzene rings is 2. The van der Waals surface area contributed by atoms with Crippen LogP contribution in [-0.4, -0.2) is 57.1 Å². The molecule has 166 valence electrons. The molecule has 0 saturated heterocycles. The Balaban J connectivity index is 1.73. The third kappa shape index (κ3) is 5.28. The maximum absolute atomic E-state index is 14.4. The molecule has 1 amide bonds. The molecule has 8 nitrogen and oxygen atoms in total. The van der Waals surface area contributed by atoms with Crippen molar-refractivity contribution in [2.24, 2.45) is 0 Å². The summed E-state index contributed by atoms with van der Waals surface area (Å²) in [6.07, 6.45) is 1.69. The van der Waals surface area contributed by atoms with Gasteiger partial charge in [0.05, 0.1) is 10.6 Å². The van der Waals surface area contributed by atoms with E-state index in [9.17, 15) is 17.6 Å². The number of halogens is 1. The molecule has 0 unspecified atom stereocenters. The number of hydrogen-bond donors (Lipinski definition) is 4. The maximum Gasteiger partial charge on any atom is 0.270 e. The molecule has 2 aromatic carbocycles. The van der Waals surface area contributed by atoms with Crippen molar-refractivity contribution in [2.75, 3.05) is 38.5 Å².